The highest BCUT2D eigenvalue weighted by atomic mass is 35.5. The zero-order valence-electron chi connectivity index (χ0n) is 9.66. The Morgan fingerprint density at radius 2 is 2.00 bits per heavy atom. The summed E-state index contributed by atoms with van der Waals surface area (Å²) in [6.07, 6.45) is 0.816. The quantitative estimate of drug-likeness (QED) is 0.518. The second kappa shape index (κ2) is 7.44. The highest BCUT2D eigenvalue weighted by Crippen LogP contribution is 1.95. The highest BCUT2D eigenvalue weighted by Gasteiger charge is 2.08. The minimum atomic E-state index is -3.15. The van der Waals surface area contributed by atoms with Gasteiger partial charge in [0.2, 0.25) is 10.0 Å². The molecule has 0 aliphatic rings. The van der Waals surface area contributed by atoms with E-state index in [2.05, 4.69) is 23.5 Å². The van der Waals surface area contributed by atoms with Crippen molar-refractivity contribution in [2.75, 3.05) is 31.8 Å². The maximum atomic E-state index is 11.2. The monoisotopic (exact) mass is 256 g/mol. The first kappa shape index (κ1) is 15.2. The first-order valence-corrected chi connectivity index (χ1v) is 7.31. The summed E-state index contributed by atoms with van der Waals surface area (Å²) < 4.78 is 24.9. The lowest BCUT2D eigenvalue weighted by Crippen LogP contribution is -2.32. The van der Waals surface area contributed by atoms with E-state index in [-0.39, 0.29) is 11.6 Å². The molecule has 0 radical (unpaired) electrons. The van der Waals surface area contributed by atoms with E-state index in [0.29, 0.717) is 12.6 Å². The third-order valence-corrected chi connectivity index (χ3v) is 4.04. The predicted octanol–water partition coefficient (Wildman–Crippen LogP) is 0.875. The minimum absolute atomic E-state index is 0.00538. The van der Waals surface area contributed by atoms with Gasteiger partial charge in [0.1, 0.15) is 0 Å². The molecule has 1 N–H and O–H groups in total. The van der Waals surface area contributed by atoms with E-state index < -0.39 is 10.0 Å². The first-order valence-electron chi connectivity index (χ1n) is 5.12. The van der Waals surface area contributed by atoms with Crippen molar-refractivity contribution in [1.29, 1.82) is 0 Å². The summed E-state index contributed by atoms with van der Waals surface area (Å²) in [5.41, 5.74) is 0. The second-order valence-electron chi connectivity index (χ2n) is 3.83. The molecular weight excluding hydrogens is 236 g/mol. The fourth-order valence-electron chi connectivity index (χ4n) is 0.988. The van der Waals surface area contributed by atoms with Gasteiger partial charge in [-0.2, -0.15) is 0 Å². The molecule has 6 heteroatoms. The van der Waals surface area contributed by atoms with Crippen molar-refractivity contribution in [3.05, 3.63) is 0 Å². The topological polar surface area (TPSA) is 49.4 Å². The number of halogens is 1. The van der Waals surface area contributed by atoms with Gasteiger partial charge in [0.25, 0.3) is 0 Å². The van der Waals surface area contributed by atoms with E-state index in [1.165, 1.54) is 0 Å². The first-order chi connectivity index (χ1) is 6.89. The molecular formula is C9H21ClN2O2S. The molecule has 0 heterocycles. The van der Waals surface area contributed by atoms with Gasteiger partial charge in [-0.05, 0) is 33.9 Å². The molecule has 0 saturated heterocycles. The molecule has 0 bridgehead atoms. The molecule has 15 heavy (non-hydrogen) atoms. The summed E-state index contributed by atoms with van der Waals surface area (Å²) in [6.45, 7) is 5.59. The van der Waals surface area contributed by atoms with Gasteiger partial charge in [-0.25, -0.2) is 13.1 Å². The molecule has 0 aliphatic carbocycles. The Bertz CT molecular complexity index is 255. The molecule has 0 aliphatic heterocycles. The SMILES string of the molecule is CC(C)N(C)CCCNS(=O)(=O)CCCl. The van der Waals surface area contributed by atoms with E-state index in [9.17, 15) is 8.42 Å². The van der Waals surface area contributed by atoms with Crippen LogP contribution in [-0.4, -0.2) is 51.1 Å². The van der Waals surface area contributed by atoms with E-state index >= 15 is 0 Å². The van der Waals surface area contributed by atoms with Crippen LogP contribution in [0, 0.1) is 0 Å². The number of hydrogen-bond donors (Lipinski definition) is 1. The average molecular weight is 257 g/mol. The van der Waals surface area contributed by atoms with E-state index in [0.717, 1.165) is 13.0 Å². The normalized spacial score (nSPS) is 12.7. The van der Waals surface area contributed by atoms with Crippen molar-refractivity contribution in [3.63, 3.8) is 0 Å². The third kappa shape index (κ3) is 8.02. The van der Waals surface area contributed by atoms with Crippen LogP contribution in [0.4, 0.5) is 0 Å². The Morgan fingerprint density at radius 1 is 1.40 bits per heavy atom. The maximum absolute atomic E-state index is 11.2. The van der Waals surface area contributed by atoms with E-state index in [1.807, 2.05) is 7.05 Å². The van der Waals surface area contributed by atoms with Crippen LogP contribution in [0.5, 0.6) is 0 Å². The fourth-order valence-corrected chi connectivity index (χ4v) is 2.40. The summed E-state index contributed by atoms with van der Waals surface area (Å²) in [7, 11) is -1.12. The fraction of sp³-hybridized carbons (Fsp3) is 1.00. The lowest BCUT2D eigenvalue weighted by Gasteiger charge is -2.20. The molecule has 0 amide bonds. The van der Waals surface area contributed by atoms with Crippen LogP contribution in [0.25, 0.3) is 0 Å². The van der Waals surface area contributed by atoms with Crippen LogP contribution in [0.2, 0.25) is 0 Å². The summed E-state index contributed by atoms with van der Waals surface area (Å²) in [5.74, 6) is 0.135. The number of sulfonamides is 1. The second-order valence-corrected chi connectivity index (χ2v) is 6.13. The summed E-state index contributed by atoms with van der Waals surface area (Å²) in [6, 6.07) is 0.490. The van der Waals surface area contributed by atoms with Crippen molar-refractivity contribution in [3.8, 4) is 0 Å². The third-order valence-electron chi connectivity index (χ3n) is 2.24. The number of nitrogens with zero attached hydrogens (tertiary/aromatic N) is 1. The van der Waals surface area contributed by atoms with Crippen LogP contribution in [0.3, 0.4) is 0 Å². The molecule has 4 nitrogen and oxygen atoms in total. The minimum Gasteiger partial charge on any atom is -0.304 e. The maximum Gasteiger partial charge on any atom is 0.212 e. The number of hydrogen-bond acceptors (Lipinski definition) is 3. The van der Waals surface area contributed by atoms with Crippen molar-refractivity contribution < 1.29 is 8.42 Å². The summed E-state index contributed by atoms with van der Waals surface area (Å²) in [4.78, 5) is 2.18. The number of alkyl halides is 1. The molecule has 0 rings (SSSR count). The van der Waals surface area contributed by atoms with Gasteiger partial charge >= 0.3 is 0 Å². The van der Waals surface area contributed by atoms with Gasteiger partial charge in [0.15, 0.2) is 0 Å². The Morgan fingerprint density at radius 3 is 2.47 bits per heavy atom. The van der Waals surface area contributed by atoms with E-state index in [4.69, 9.17) is 11.6 Å². The zero-order valence-corrected chi connectivity index (χ0v) is 11.2. The van der Waals surface area contributed by atoms with Gasteiger partial charge in [0.05, 0.1) is 5.75 Å². The van der Waals surface area contributed by atoms with Gasteiger partial charge in [-0.1, -0.05) is 0 Å². The predicted molar refractivity (Wildman–Crippen MR) is 64.9 cm³/mol. The Labute approximate surface area is 98.0 Å². The molecule has 0 spiro atoms. The van der Waals surface area contributed by atoms with Gasteiger partial charge in [-0.15, -0.1) is 11.6 Å². The molecule has 0 saturated carbocycles. The molecule has 0 aromatic carbocycles. The van der Waals surface area contributed by atoms with Crippen molar-refractivity contribution >= 4 is 21.6 Å². The number of rotatable bonds is 8. The van der Waals surface area contributed by atoms with Crippen LogP contribution in [0.15, 0.2) is 0 Å². The van der Waals surface area contributed by atoms with Crippen molar-refractivity contribution in [1.82, 2.24) is 9.62 Å². The zero-order chi connectivity index (χ0) is 11.9. The van der Waals surface area contributed by atoms with Crippen LogP contribution >= 0.6 is 11.6 Å². The van der Waals surface area contributed by atoms with Crippen LogP contribution in [-0.2, 0) is 10.0 Å². The highest BCUT2D eigenvalue weighted by molar-refractivity contribution is 7.89. The van der Waals surface area contributed by atoms with Crippen molar-refractivity contribution in [2.24, 2.45) is 0 Å². The van der Waals surface area contributed by atoms with Gasteiger partial charge in [0, 0.05) is 18.5 Å². The van der Waals surface area contributed by atoms with E-state index in [1.54, 1.807) is 0 Å². The van der Waals surface area contributed by atoms with Gasteiger partial charge in [-0.3, -0.25) is 0 Å². The lowest BCUT2D eigenvalue weighted by molar-refractivity contribution is 0.271. The van der Waals surface area contributed by atoms with Crippen LogP contribution in [0.1, 0.15) is 20.3 Å². The Kier molecular flexibility index (Phi) is 7.52. The lowest BCUT2D eigenvalue weighted by atomic mass is 10.3. The molecule has 0 atom stereocenters. The summed E-state index contributed by atoms with van der Waals surface area (Å²) in [5, 5.41) is 0. The van der Waals surface area contributed by atoms with Gasteiger partial charge < -0.3 is 4.90 Å². The largest absolute Gasteiger partial charge is 0.304 e. The molecule has 0 fully saturated rings. The molecule has 0 aromatic rings. The average Bonchev–Trinajstić information content (AvgIpc) is 2.11. The van der Waals surface area contributed by atoms with Crippen LogP contribution < -0.4 is 4.72 Å². The van der Waals surface area contributed by atoms with Crippen molar-refractivity contribution in [2.45, 2.75) is 26.3 Å². The molecule has 92 valence electrons. The number of nitrogens with one attached hydrogen (secondary N) is 1. The Hall–Kier alpha value is 0.160. The summed E-state index contributed by atoms with van der Waals surface area (Å²) >= 11 is 5.36. The molecule has 0 aromatic heterocycles. The molecule has 0 unspecified atom stereocenters. The smallest absolute Gasteiger partial charge is 0.212 e. The Balaban J connectivity index is 3.63. The standard InChI is InChI=1S/C9H21ClN2O2S/c1-9(2)12(3)7-4-6-11-15(13,14)8-5-10/h9,11H,4-8H2,1-3H3.